The van der Waals surface area contributed by atoms with Gasteiger partial charge in [0.05, 0.1) is 5.52 Å². The maximum atomic E-state index is 9.31. The molecule has 3 rings (SSSR count). The van der Waals surface area contributed by atoms with E-state index in [1.54, 1.807) is 12.1 Å². The third-order valence-corrected chi connectivity index (χ3v) is 3.85. The van der Waals surface area contributed by atoms with E-state index in [1.807, 2.05) is 36.5 Å². The van der Waals surface area contributed by atoms with Crippen molar-refractivity contribution in [3.05, 3.63) is 66.4 Å². The minimum atomic E-state index is 0.318. The molecule has 112 valence electrons. The molecule has 0 amide bonds. The normalized spacial score (nSPS) is 12.2. The van der Waals surface area contributed by atoms with Gasteiger partial charge in [-0.15, -0.1) is 0 Å². The monoisotopic (exact) mass is 292 g/mol. The van der Waals surface area contributed by atoms with E-state index < -0.39 is 0 Å². The largest absolute Gasteiger partial charge is 0.508 e. The molecule has 2 aromatic carbocycles. The molecule has 1 atom stereocenters. The highest BCUT2D eigenvalue weighted by molar-refractivity contribution is 5.91. The van der Waals surface area contributed by atoms with Gasteiger partial charge in [-0.3, -0.25) is 4.98 Å². The Balaban J connectivity index is 1.65. The van der Waals surface area contributed by atoms with E-state index in [-0.39, 0.29) is 0 Å². The molecular formula is C19H20N2O. The quantitative estimate of drug-likeness (QED) is 0.734. The molecule has 0 saturated carbocycles. The molecule has 0 aliphatic carbocycles. The summed E-state index contributed by atoms with van der Waals surface area (Å²) in [5, 5.41) is 14.0. The molecule has 22 heavy (non-hydrogen) atoms. The molecule has 0 bridgehead atoms. The number of phenolic OH excluding ortho intramolecular Hbond substituents is 1. The van der Waals surface area contributed by atoms with Crippen molar-refractivity contribution in [2.75, 3.05) is 5.32 Å². The third kappa shape index (κ3) is 3.37. The first-order valence-electron chi connectivity index (χ1n) is 7.60. The lowest BCUT2D eigenvalue weighted by molar-refractivity contribution is 0.475. The number of hydrogen-bond donors (Lipinski definition) is 2. The van der Waals surface area contributed by atoms with Gasteiger partial charge in [-0.2, -0.15) is 0 Å². The highest BCUT2D eigenvalue weighted by Gasteiger charge is 2.06. The number of aromatic nitrogens is 1. The number of benzene rings is 2. The zero-order valence-electron chi connectivity index (χ0n) is 12.7. The smallest absolute Gasteiger partial charge is 0.115 e. The summed E-state index contributed by atoms with van der Waals surface area (Å²) in [6, 6.07) is 18.0. The minimum Gasteiger partial charge on any atom is -0.508 e. The van der Waals surface area contributed by atoms with Gasteiger partial charge in [0, 0.05) is 23.3 Å². The van der Waals surface area contributed by atoms with Crippen molar-refractivity contribution >= 4 is 16.6 Å². The van der Waals surface area contributed by atoms with Crippen molar-refractivity contribution in [1.29, 1.82) is 0 Å². The van der Waals surface area contributed by atoms with Gasteiger partial charge >= 0.3 is 0 Å². The zero-order chi connectivity index (χ0) is 15.4. The van der Waals surface area contributed by atoms with Crippen LogP contribution in [0.15, 0.2) is 60.8 Å². The molecule has 0 saturated heterocycles. The number of rotatable bonds is 5. The molecule has 2 N–H and O–H groups in total. The number of nitrogens with one attached hydrogen (secondary N) is 1. The molecule has 1 heterocycles. The molecular weight excluding hydrogens is 272 g/mol. The van der Waals surface area contributed by atoms with Crippen molar-refractivity contribution in [2.24, 2.45) is 0 Å². The van der Waals surface area contributed by atoms with Crippen molar-refractivity contribution in [1.82, 2.24) is 4.98 Å². The summed E-state index contributed by atoms with van der Waals surface area (Å²) in [6.45, 7) is 2.19. The minimum absolute atomic E-state index is 0.318. The van der Waals surface area contributed by atoms with Crippen LogP contribution in [0, 0.1) is 0 Å². The number of fused-ring (bicyclic) bond motifs is 1. The van der Waals surface area contributed by atoms with Crippen molar-refractivity contribution < 1.29 is 5.11 Å². The molecule has 0 fully saturated rings. The van der Waals surface area contributed by atoms with Crippen LogP contribution in [0.3, 0.4) is 0 Å². The van der Waals surface area contributed by atoms with E-state index in [9.17, 15) is 5.11 Å². The average molecular weight is 292 g/mol. The van der Waals surface area contributed by atoms with E-state index in [0.717, 1.165) is 29.4 Å². The summed E-state index contributed by atoms with van der Waals surface area (Å²) < 4.78 is 0. The van der Waals surface area contributed by atoms with Crippen molar-refractivity contribution in [3.63, 3.8) is 0 Å². The van der Waals surface area contributed by atoms with Crippen LogP contribution >= 0.6 is 0 Å². The average Bonchev–Trinajstić information content (AvgIpc) is 2.55. The maximum absolute atomic E-state index is 9.31. The SMILES string of the molecule is CC(CCc1ccc(O)cc1)Nc1cccc2ncccc12. The summed E-state index contributed by atoms with van der Waals surface area (Å²) >= 11 is 0. The molecule has 0 radical (unpaired) electrons. The summed E-state index contributed by atoms with van der Waals surface area (Å²) in [5.41, 5.74) is 3.38. The van der Waals surface area contributed by atoms with Crippen LogP contribution in [0.2, 0.25) is 0 Å². The Kier molecular flexibility index (Phi) is 4.24. The van der Waals surface area contributed by atoms with Crippen molar-refractivity contribution in [2.45, 2.75) is 25.8 Å². The maximum Gasteiger partial charge on any atom is 0.115 e. The molecule has 1 unspecified atom stereocenters. The van der Waals surface area contributed by atoms with Crippen LogP contribution in [0.5, 0.6) is 5.75 Å². The van der Waals surface area contributed by atoms with Gasteiger partial charge in [0.15, 0.2) is 0 Å². The highest BCUT2D eigenvalue weighted by atomic mass is 16.3. The predicted molar refractivity (Wildman–Crippen MR) is 91.3 cm³/mol. The Bertz CT molecular complexity index is 747. The van der Waals surface area contributed by atoms with Crippen LogP contribution in [-0.4, -0.2) is 16.1 Å². The summed E-state index contributed by atoms with van der Waals surface area (Å²) in [7, 11) is 0. The van der Waals surface area contributed by atoms with Crippen LogP contribution in [-0.2, 0) is 6.42 Å². The number of hydrogen-bond acceptors (Lipinski definition) is 3. The molecule has 0 aliphatic heterocycles. The van der Waals surface area contributed by atoms with Gasteiger partial charge in [0.25, 0.3) is 0 Å². The van der Waals surface area contributed by atoms with Crippen LogP contribution in [0.4, 0.5) is 5.69 Å². The second-order valence-electron chi connectivity index (χ2n) is 5.63. The first-order chi connectivity index (χ1) is 10.7. The topological polar surface area (TPSA) is 45.1 Å². The number of aryl methyl sites for hydroxylation is 1. The number of phenols is 1. The Morgan fingerprint density at radius 2 is 1.86 bits per heavy atom. The summed E-state index contributed by atoms with van der Waals surface area (Å²) in [6.07, 6.45) is 3.83. The second-order valence-corrected chi connectivity index (χ2v) is 5.63. The zero-order valence-corrected chi connectivity index (χ0v) is 12.7. The standard InChI is InChI=1S/C19H20N2O/c1-14(7-8-15-9-11-16(22)12-10-15)21-19-6-2-5-18-17(19)4-3-13-20-18/h2-6,9-14,21-22H,7-8H2,1H3. The molecule has 3 nitrogen and oxygen atoms in total. The van der Waals surface area contributed by atoms with Gasteiger partial charge in [-0.05, 0) is 61.7 Å². The Morgan fingerprint density at radius 1 is 1.05 bits per heavy atom. The first-order valence-corrected chi connectivity index (χ1v) is 7.60. The van der Waals surface area contributed by atoms with Crippen molar-refractivity contribution in [3.8, 4) is 5.75 Å². The number of nitrogens with zero attached hydrogens (tertiary/aromatic N) is 1. The number of pyridine rings is 1. The summed E-state index contributed by atoms with van der Waals surface area (Å²) in [4.78, 5) is 4.39. The molecule has 0 spiro atoms. The molecule has 3 heteroatoms. The van der Waals surface area contributed by atoms with Gasteiger partial charge in [-0.25, -0.2) is 0 Å². The summed E-state index contributed by atoms with van der Waals surface area (Å²) in [5.74, 6) is 0.318. The molecule has 1 aromatic heterocycles. The number of anilines is 1. The third-order valence-electron chi connectivity index (χ3n) is 3.85. The molecule has 3 aromatic rings. The van der Waals surface area contributed by atoms with E-state index in [2.05, 4.69) is 29.4 Å². The van der Waals surface area contributed by atoms with Gasteiger partial charge in [-0.1, -0.05) is 18.2 Å². The van der Waals surface area contributed by atoms with Gasteiger partial charge in [0.2, 0.25) is 0 Å². The second kappa shape index (κ2) is 6.48. The van der Waals surface area contributed by atoms with E-state index >= 15 is 0 Å². The Morgan fingerprint density at radius 3 is 2.68 bits per heavy atom. The van der Waals surface area contributed by atoms with E-state index in [0.29, 0.717) is 11.8 Å². The van der Waals surface area contributed by atoms with Crippen LogP contribution < -0.4 is 5.32 Å². The van der Waals surface area contributed by atoms with Crippen LogP contribution in [0.25, 0.3) is 10.9 Å². The van der Waals surface area contributed by atoms with E-state index in [1.165, 1.54) is 5.56 Å². The Labute approximate surface area is 130 Å². The van der Waals surface area contributed by atoms with Crippen LogP contribution in [0.1, 0.15) is 18.9 Å². The fourth-order valence-corrected chi connectivity index (χ4v) is 2.61. The van der Waals surface area contributed by atoms with Gasteiger partial charge < -0.3 is 10.4 Å². The Hall–Kier alpha value is -2.55. The highest BCUT2D eigenvalue weighted by Crippen LogP contribution is 2.22. The predicted octanol–water partition coefficient (Wildman–Crippen LogP) is 4.37. The van der Waals surface area contributed by atoms with E-state index in [4.69, 9.17) is 0 Å². The van der Waals surface area contributed by atoms with Gasteiger partial charge in [0.1, 0.15) is 5.75 Å². The molecule has 0 aliphatic rings. The fourth-order valence-electron chi connectivity index (χ4n) is 2.61. The lowest BCUT2D eigenvalue weighted by Gasteiger charge is -2.16. The number of aromatic hydroxyl groups is 1. The lowest BCUT2D eigenvalue weighted by Crippen LogP contribution is -2.16. The first kappa shape index (κ1) is 14.4. The lowest BCUT2D eigenvalue weighted by atomic mass is 10.1. The fraction of sp³-hybridized carbons (Fsp3) is 0.211.